The van der Waals surface area contributed by atoms with Crippen molar-refractivity contribution in [1.29, 1.82) is 0 Å². The Morgan fingerprint density at radius 3 is 2.70 bits per heavy atom. The van der Waals surface area contributed by atoms with Crippen molar-refractivity contribution in [1.82, 2.24) is 0 Å². The lowest BCUT2D eigenvalue weighted by molar-refractivity contribution is -0.122. The lowest BCUT2D eigenvalue weighted by atomic mass is 10.1. The second kappa shape index (κ2) is 8.46. The first-order chi connectivity index (χ1) is 13.0. The van der Waals surface area contributed by atoms with E-state index in [1.165, 1.54) is 4.90 Å². The van der Waals surface area contributed by atoms with E-state index < -0.39 is 5.92 Å². The van der Waals surface area contributed by atoms with Gasteiger partial charge in [-0.15, -0.1) is 0 Å². The smallest absolute Gasteiger partial charge is 0.229 e. The van der Waals surface area contributed by atoms with E-state index in [4.69, 9.17) is 27.9 Å². The first-order valence-electron chi connectivity index (χ1n) is 8.38. The van der Waals surface area contributed by atoms with Gasteiger partial charge < -0.3 is 15.0 Å². The summed E-state index contributed by atoms with van der Waals surface area (Å²) in [6.07, 6.45) is 1.78. The van der Waals surface area contributed by atoms with Crippen LogP contribution in [0.5, 0.6) is 5.75 Å². The minimum Gasteiger partial charge on any atom is -0.490 e. The van der Waals surface area contributed by atoms with E-state index in [0.29, 0.717) is 33.8 Å². The van der Waals surface area contributed by atoms with Gasteiger partial charge in [-0.3, -0.25) is 9.59 Å². The van der Waals surface area contributed by atoms with Crippen molar-refractivity contribution in [2.24, 2.45) is 5.92 Å². The summed E-state index contributed by atoms with van der Waals surface area (Å²) >= 11 is 12.2. The van der Waals surface area contributed by atoms with Crippen molar-refractivity contribution in [3.63, 3.8) is 0 Å². The van der Waals surface area contributed by atoms with Crippen molar-refractivity contribution in [3.8, 4) is 5.75 Å². The van der Waals surface area contributed by atoms with Gasteiger partial charge in [-0.05, 0) is 36.4 Å². The third-order valence-electron chi connectivity index (χ3n) is 4.21. The molecule has 0 radical (unpaired) electrons. The highest BCUT2D eigenvalue weighted by molar-refractivity contribution is 6.44. The summed E-state index contributed by atoms with van der Waals surface area (Å²) in [5, 5.41) is 3.51. The highest BCUT2D eigenvalue weighted by Gasteiger charge is 2.36. The number of rotatable bonds is 6. The van der Waals surface area contributed by atoms with Gasteiger partial charge >= 0.3 is 0 Å². The van der Waals surface area contributed by atoms with Crippen LogP contribution >= 0.6 is 23.2 Å². The Balaban J connectivity index is 1.65. The van der Waals surface area contributed by atoms with Gasteiger partial charge in [0.1, 0.15) is 12.4 Å². The van der Waals surface area contributed by atoms with Crippen LogP contribution in [0.3, 0.4) is 0 Å². The van der Waals surface area contributed by atoms with Crippen molar-refractivity contribution in [2.75, 3.05) is 23.4 Å². The standard InChI is InChI=1S/C20H18Cl2N2O3/c1-2-10-27-15-8-6-14(7-9-15)23-20(26)13-11-18(25)24(12-13)17-5-3-4-16(21)19(17)22/h2-9,13H,1,10-12H2,(H,23,26)/t13-/m1/s1. The van der Waals surface area contributed by atoms with Crippen LogP contribution in [0.15, 0.2) is 55.1 Å². The van der Waals surface area contributed by atoms with E-state index in [1.54, 1.807) is 48.5 Å². The molecule has 0 spiro atoms. The Morgan fingerprint density at radius 2 is 2.00 bits per heavy atom. The molecule has 1 atom stereocenters. The zero-order valence-electron chi connectivity index (χ0n) is 14.5. The molecule has 7 heteroatoms. The number of carbonyl (C=O) groups excluding carboxylic acids is 2. The third-order valence-corrected chi connectivity index (χ3v) is 5.02. The van der Waals surface area contributed by atoms with E-state index in [1.807, 2.05) is 0 Å². The molecule has 2 aromatic carbocycles. The van der Waals surface area contributed by atoms with Gasteiger partial charge in [-0.1, -0.05) is 41.9 Å². The topological polar surface area (TPSA) is 58.6 Å². The van der Waals surface area contributed by atoms with Crippen molar-refractivity contribution in [2.45, 2.75) is 6.42 Å². The molecule has 0 saturated carbocycles. The van der Waals surface area contributed by atoms with Gasteiger partial charge in [-0.2, -0.15) is 0 Å². The number of hydrogen-bond acceptors (Lipinski definition) is 3. The minimum absolute atomic E-state index is 0.120. The Kier molecular flexibility index (Phi) is 6.04. The van der Waals surface area contributed by atoms with E-state index in [-0.39, 0.29) is 24.8 Å². The zero-order chi connectivity index (χ0) is 19.4. The van der Waals surface area contributed by atoms with Crippen molar-refractivity contribution >= 4 is 46.4 Å². The van der Waals surface area contributed by atoms with Gasteiger partial charge in [-0.25, -0.2) is 0 Å². The number of halogens is 2. The van der Waals surface area contributed by atoms with Gasteiger partial charge in [0, 0.05) is 18.7 Å². The van der Waals surface area contributed by atoms with Gasteiger partial charge in [0.25, 0.3) is 0 Å². The molecule has 1 fully saturated rings. The number of nitrogens with zero attached hydrogens (tertiary/aromatic N) is 1. The second-order valence-electron chi connectivity index (χ2n) is 6.09. The fraction of sp³-hybridized carbons (Fsp3) is 0.200. The quantitative estimate of drug-likeness (QED) is 0.718. The Bertz CT molecular complexity index is 868. The van der Waals surface area contributed by atoms with Crippen LogP contribution in [-0.2, 0) is 9.59 Å². The number of carbonyl (C=O) groups is 2. The summed E-state index contributed by atoms with van der Waals surface area (Å²) < 4.78 is 5.41. The Labute approximate surface area is 167 Å². The fourth-order valence-corrected chi connectivity index (χ4v) is 3.25. The number of ether oxygens (including phenoxy) is 1. The predicted octanol–water partition coefficient (Wildman–Crippen LogP) is 4.55. The molecule has 27 heavy (non-hydrogen) atoms. The summed E-state index contributed by atoms with van der Waals surface area (Å²) in [5.41, 5.74) is 1.16. The maximum atomic E-state index is 12.6. The lowest BCUT2D eigenvalue weighted by Crippen LogP contribution is -2.28. The number of hydrogen-bond donors (Lipinski definition) is 1. The van der Waals surface area contributed by atoms with Crippen LogP contribution in [0.2, 0.25) is 10.0 Å². The van der Waals surface area contributed by atoms with Gasteiger partial charge in [0.15, 0.2) is 0 Å². The largest absolute Gasteiger partial charge is 0.490 e. The molecule has 1 aliphatic rings. The van der Waals surface area contributed by atoms with E-state index >= 15 is 0 Å². The van der Waals surface area contributed by atoms with Crippen LogP contribution < -0.4 is 15.0 Å². The molecule has 1 N–H and O–H groups in total. The number of nitrogens with one attached hydrogen (secondary N) is 1. The van der Waals surface area contributed by atoms with Crippen LogP contribution in [0.25, 0.3) is 0 Å². The Hall–Kier alpha value is -2.50. The summed E-state index contributed by atoms with van der Waals surface area (Å²) in [6, 6.07) is 12.1. The SMILES string of the molecule is C=CCOc1ccc(NC(=O)[C@@H]2CC(=O)N(c3cccc(Cl)c3Cl)C2)cc1. The average molecular weight is 405 g/mol. The first-order valence-corrected chi connectivity index (χ1v) is 9.14. The van der Waals surface area contributed by atoms with E-state index in [9.17, 15) is 9.59 Å². The molecule has 0 bridgehead atoms. The van der Waals surface area contributed by atoms with Gasteiger partial charge in [0.2, 0.25) is 11.8 Å². The van der Waals surface area contributed by atoms with Crippen LogP contribution in [0.4, 0.5) is 11.4 Å². The predicted molar refractivity (Wildman–Crippen MR) is 108 cm³/mol. The second-order valence-corrected chi connectivity index (χ2v) is 6.88. The molecule has 1 heterocycles. The zero-order valence-corrected chi connectivity index (χ0v) is 16.0. The molecule has 0 aliphatic carbocycles. The lowest BCUT2D eigenvalue weighted by Gasteiger charge is -2.18. The summed E-state index contributed by atoms with van der Waals surface area (Å²) in [5.74, 6) is -0.161. The fourth-order valence-electron chi connectivity index (χ4n) is 2.85. The molecule has 0 unspecified atom stereocenters. The highest BCUT2D eigenvalue weighted by atomic mass is 35.5. The molecule has 2 aromatic rings. The first kappa shape index (κ1) is 19.3. The molecule has 3 rings (SSSR count). The van der Waals surface area contributed by atoms with E-state index in [2.05, 4.69) is 11.9 Å². The van der Waals surface area contributed by atoms with Crippen LogP contribution in [0, 0.1) is 5.92 Å². The maximum Gasteiger partial charge on any atom is 0.229 e. The molecular weight excluding hydrogens is 387 g/mol. The van der Waals surface area contributed by atoms with Crippen LogP contribution in [-0.4, -0.2) is 25.0 Å². The van der Waals surface area contributed by atoms with Gasteiger partial charge in [0.05, 0.1) is 21.7 Å². The maximum absolute atomic E-state index is 12.6. The highest BCUT2D eigenvalue weighted by Crippen LogP contribution is 2.35. The minimum atomic E-state index is -0.468. The molecule has 140 valence electrons. The third kappa shape index (κ3) is 4.43. The number of benzene rings is 2. The summed E-state index contributed by atoms with van der Waals surface area (Å²) in [7, 11) is 0. The summed E-state index contributed by atoms with van der Waals surface area (Å²) in [4.78, 5) is 26.4. The number of amides is 2. The Morgan fingerprint density at radius 1 is 1.26 bits per heavy atom. The number of anilines is 2. The van der Waals surface area contributed by atoms with Crippen molar-refractivity contribution in [3.05, 3.63) is 65.2 Å². The molecule has 1 aliphatic heterocycles. The van der Waals surface area contributed by atoms with E-state index in [0.717, 1.165) is 0 Å². The average Bonchev–Trinajstić information content (AvgIpc) is 3.05. The summed E-state index contributed by atoms with van der Waals surface area (Å²) in [6.45, 7) is 4.26. The van der Waals surface area contributed by atoms with Crippen molar-refractivity contribution < 1.29 is 14.3 Å². The normalized spacial score (nSPS) is 16.3. The monoisotopic (exact) mass is 404 g/mol. The molecule has 2 amide bonds. The van der Waals surface area contributed by atoms with Crippen LogP contribution in [0.1, 0.15) is 6.42 Å². The molecule has 0 aromatic heterocycles. The molecule has 5 nitrogen and oxygen atoms in total. The molecule has 1 saturated heterocycles. The molecular formula is C20H18Cl2N2O3.